The van der Waals surface area contributed by atoms with Gasteiger partial charge < -0.3 is 28.9 Å². The molecule has 1 aliphatic rings. The summed E-state index contributed by atoms with van der Waals surface area (Å²) in [5, 5.41) is 3.26. The molecule has 0 amide bonds. The molecule has 0 atom stereocenters. The molecule has 9 heteroatoms. The zero-order chi connectivity index (χ0) is 25.6. The molecule has 3 heterocycles. The quantitative estimate of drug-likeness (QED) is 0.346. The van der Waals surface area contributed by atoms with Crippen molar-refractivity contribution in [2.75, 3.05) is 51.9 Å². The van der Waals surface area contributed by atoms with Crippen LogP contribution < -0.4 is 20.3 Å². The van der Waals surface area contributed by atoms with E-state index in [0.29, 0.717) is 29.7 Å². The summed E-state index contributed by atoms with van der Waals surface area (Å²) < 4.78 is 22.9. The van der Waals surface area contributed by atoms with E-state index in [-0.39, 0.29) is 5.56 Å². The molecule has 2 N–H and O–H groups in total. The van der Waals surface area contributed by atoms with Gasteiger partial charge in [-0.3, -0.25) is 9.69 Å². The topological polar surface area (TPSA) is 102 Å². The summed E-state index contributed by atoms with van der Waals surface area (Å²) in [5.74, 6) is 1.93. The molecule has 0 bridgehead atoms. The molecule has 37 heavy (non-hydrogen) atoms. The average Bonchev–Trinajstić information content (AvgIpc) is 3.40. The van der Waals surface area contributed by atoms with Crippen molar-refractivity contribution in [1.29, 1.82) is 0 Å². The highest BCUT2D eigenvalue weighted by molar-refractivity contribution is 5.73. The van der Waals surface area contributed by atoms with Gasteiger partial charge in [0.25, 0.3) is 11.6 Å². The molecule has 2 aromatic carbocycles. The van der Waals surface area contributed by atoms with Gasteiger partial charge in [-0.05, 0) is 54.4 Å². The highest BCUT2D eigenvalue weighted by Gasteiger charge is 2.14. The Morgan fingerprint density at radius 1 is 1.08 bits per heavy atom. The molecular weight excluding hydrogens is 472 g/mol. The third-order valence-corrected chi connectivity index (χ3v) is 6.29. The SMILES string of the molecule is COc1cc(-c2cnc(Nc3cc(OCCN4CCOCC4)ccc3C)o2)cc(-c2ccc[nH]c2=O)c1. The van der Waals surface area contributed by atoms with Crippen LogP contribution in [0.2, 0.25) is 0 Å². The van der Waals surface area contributed by atoms with E-state index >= 15 is 0 Å². The number of aromatic amines is 1. The number of rotatable bonds is 9. The molecule has 5 rings (SSSR count). The zero-order valence-electron chi connectivity index (χ0n) is 21.0. The van der Waals surface area contributed by atoms with Crippen molar-refractivity contribution in [3.05, 3.63) is 76.8 Å². The second-order valence-electron chi connectivity index (χ2n) is 8.80. The second kappa shape index (κ2) is 11.3. The first-order chi connectivity index (χ1) is 18.1. The van der Waals surface area contributed by atoms with Crippen LogP contribution in [0.15, 0.2) is 70.1 Å². The summed E-state index contributed by atoms with van der Waals surface area (Å²) in [7, 11) is 1.59. The molecule has 1 saturated heterocycles. The van der Waals surface area contributed by atoms with E-state index in [4.69, 9.17) is 18.6 Å². The molecule has 1 aliphatic heterocycles. The molecule has 192 valence electrons. The number of nitrogens with one attached hydrogen (secondary N) is 2. The number of pyridine rings is 1. The van der Waals surface area contributed by atoms with Gasteiger partial charge in [0.15, 0.2) is 5.76 Å². The van der Waals surface area contributed by atoms with E-state index in [1.165, 1.54) is 0 Å². The normalized spacial score (nSPS) is 13.9. The molecule has 0 saturated carbocycles. The molecule has 2 aromatic heterocycles. The van der Waals surface area contributed by atoms with Crippen molar-refractivity contribution < 1.29 is 18.6 Å². The van der Waals surface area contributed by atoms with Crippen LogP contribution in [0.25, 0.3) is 22.5 Å². The number of ether oxygens (including phenoxy) is 3. The number of aryl methyl sites for hydroxylation is 1. The Bertz CT molecular complexity index is 1410. The molecule has 9 nitrogen and oxygen atoms in total. The number of hydrogen-bond acceptors (Lipinski definition) is 8. The van der Waals surface area contributed by atoms with E-state index in [9.17, 15) is 4.79 Å². The number of methoxy groups -OCH3 is 1. The van der Waals surface area contributed by atoms with Gasteiger partial charge in [-0.2, -0.15) is 0 Å². The fourth-order valence-electron chi connectivity index (χ4n) is 4.19. The van der Waals surface area contributed by atoms with Crippen LogP contribution in [0.1, 0.15) is 5.56 Å². The lowest BCUT2D eigenvalue weighted by Crippen LogP contribution is -2.38. The lowest BCUT2D eigenvalue weighted by Gasteiger charge is -2.26. The lowest BCUT2D eigenvalue weighted by molar-refractivity contribution is 0.0322. The van der Waals surface area contributed by atoms with Crippen LogP contribution in [-0.4, -0.2) is 61.4 Å². The summed E-state index contributed by atoms with van der Waals surface area (Å²) >= 11 is 0. The predicted octanol–water partition coefficient (Wildman–Crippen LogP) is 4.47. The monoisotopic (exact) mass is 502 g/mol. The van der Waals surface area contributed by atoms with E-state index in [2.05, 4.69) is 20.2 Å². The number of hydrogen-bond donors (Lipinski definition) is 2. The van der Waals surface area contributed by atoms with Crippen molar-refractivity contribution in [1.82, 2.24) is 14.9 Å². The maximum atomic E-state index is 12.3. The van der Waals surface area contributed by atoms with Gasteiger partial charge in [-0.15, -0.1) is 0 Å². The fraction of sp³-hybridized carbons (Fsp3) is 0.286. The van der Waals surface area contributed by atoms with Gasteiger partial charge in [0.1, 0.15) is 18.1 Å². The lowest BCUT2D eigenvalue weighted by atomic mass is 10.0. The Balaban J connectivity index is 1.31. The number of oxazole rings is 1. The van der Waals surface area contributed by atoms with Crippen LogP contribution in [0.4, 0.5) is 11.7 Å². The minimum Gasteiger partial charge on any atom is -0.497 e. The van der Waals surface area contributed by atoms with Crippen molar-refractivity contribution >= 4 is 11.7 Å². The summed E-state index contributed by atoms with van der Waals surface area (Å²) in [6, 6.07) is 15.4. The Hall–Kier alpha value is -4.08. The largest absolute Gasteiger partial charge is 0.497 e. The van der Waals surface area contributed by atoms with Crippen LogP contribution >= 0.6 is 0 Å². The Morgan fingerprint density at radius 3 is 2.73 bits per heavy atom. The highest BCUT2D eigenvalue weighted by atomic mass is 16.5. The second-order valence-corrected chi connectivity index (χ2v) is 8.80. The van der Waals surface area contributed by atoms with Crippen molar-refractivity contribution in [3.8, 4) is 33.9 Å². The summed E-state index contributed by atoms with van der Waals surface area (Å²) in [4.78, 5) is 21.8. The third kappa shape index (κ3) is 6.02. The van der Waals surface area contributed by atoms with E-state index in [1.54, 1.807) is 31.6 Å². The highest BCUT2D eigenvalue weighted by Crippen LogP contribution is 2.32. The molecule has 0 spiro atoms. The van der Waals surface area contributed by atoms with Gasteiger partial charge in [0.2, 0.25) is 0 Å². The van der Waals surface area contributed by atoms with Gasteiger partial charge in [0, 0.05) is 48.7 Å². The number of morpholine rings is 1. The predicted molar refractivity (Wildman–Crippen MR) is 142 cm³/mol. The van der Waals surface area contributed by atoms with Crippen molar-refractivity contribution in [3.63, 3.8) is 0 Å². The number of benzene rings is 2. The van der Waals surface area contributed by atoms with Gasteiger partial charge >= 0.3 is 0 Å². The van der Waals surface area contributed by atoms with Crippen LogP contribution in [0.3, 0.4) is 0 Å². The minimum absolute atomic E-state index is 0.177. The molecular formula is C28H30N4O5. The van der Waals surface area contributed by atoms with Crippen LogP contribution in [0, 0.1) is 6.92 Å². The maximum Gasteiger partial charge on any atom is 0.299 e. The number of nitrogens with zero attached hydrogens (tertiary/aromatic N) is 2. The van der Waals surface area contributed by atoms with Gasteiger partial charge in [0.05, 0.1) is 26.5 Å². The molecule has 0 aliphatic carbocycles. The van der Waals surface area contributed by atoms with Gasteiger partial charge in [-0.25, -0.2) is 4.98 Å². The standard InChI is InChI=1S/C28H30N4O5/c1-19-5-6-22(36-13-10-32-8-11-35-12-9-32)17-25(19)31-28-30-18-26(37-28)21-14-20(15-23(16-21)34-2)24-4-3-7-29-27(24)33/h3-7,14-18H,8-13H2,1-2H3,(H,29,33)(H,30,31). The molecule has 1 fully saturated rings. The minimum atomic E-state index is -0.177. The first-order valence-corrected chi connectivity index (χ1v) is 12.2. The summed E-state index contributed by atoms with van der Waals surface area (Å²) in [5.41, 5.74) is 3.72. The Labute approximate surface area is 215 Å². The number of anilines is 2. The van der Waals surface area contributed by atoms with Crippen molar-refractivity contribution in [2.45, 2.75) is 6.92 Å². The summed E-state index contributed by atoms with van der Waals surface area (Å²) in [6.45, 7) is 6.90. The Kier molecular flexibility index (Phi) is 7.53. The average molecular weight is 503 g/mol. The van der Waals surface area contributed by atoms with E-state index in [1.807, 2.05) is 43.3 Å². The van der Waals surface area contributed by atoms with Crippen LogP contribution in [0.5, 0.6) is 11.5 Å². The number of aromatic nitrogens is 2. The summed E-state index contributed by atoms with van der Waals surface area (Å²) in [6.07, 6.45) is 3.25. The van der Waals surface area contributed by atoms with Gasteiger partial charge in [-0.1, -0.05) is 6.07 Å². The van der Waals surface area contributed by atoms with E-state index < -0.39 is 0 Å². The molecule has 0 unspecified atom stereocenters. The first-order valence-electron chi connectivity index (χ1n) is 12.2. The number of H-pyrrole nitrogens is 1. The van der Waals surface area contributed by atoms with Crippen LogP contribution in [-0.2, 0) is 4.74 Å². The van der Waals surface area contributed by atoms with Crippen molar-refractivity contribution in [2.24, 2.45) is 0 Å². The van der Waals surface area contributed by atoms with E-state index in [0.717, 1.165) is 61.0 Å². The smallest absolute Gasteiger partial charge is 0.299 e. The fourth-order valence-corrected chi connectivity index (χ4v) is 4.19. The first kappa shape index (κ1) is 24.6. The Morgan fingerprint density at radius 2 is 1.92 bits per heavy atom. The third-order valence-electron chi connectivity index (χ3n) is 6.29. The zero-order valence-corrected chi connectivity index (χ0v) is 21.0. The molecule has 0 radical (unpaired) electrons. The molecule has 4 aromatic rings. The maximum absolute atomic E-state index is 12.3.